The van der Waals surface area contributed by atoms with Gasteiger partial charge in [-0.15, -0.1) is 0 Å². The van der Waals surface area contributed by atoms with Crippen molar-refractivity contribution < 1.29 is 4.21 Å². The fraction of sp³-hybridized carbons (Fsp3) is 0.200. The van der Waals surface area contributed by atoms with Crippen LogP contribution in [0.1, 0.15) is 16.7 Å². The van der Waals surface area contributed by atoms with Gasteiger partial charge >= 0.3 is 0 Å². The molecule has 0 radical (unpaired) electrons. The predicted molar refractivity (Wildman–Crippen MR) is 80.6 cm³/mol. The minimum absolute atomic E-state index is 0.473. The zero-order valence-electron chi connectivity index (χ0n) is 10.7. The van der Waals surface area contributed by atoms with Crippen LogP contribution in [-0.2, 0) is 23.1 Å². The minimum Gasteiger partial charge on any atom is -0.326 e. The maximum absolute atomic E-state index is 12.3. The summed E-state index contributed by atoms with van der Waals surface area (Å²) in [6.07, 6.45) is 0. The Morgan fingerprint density at radius 3 is 2.58 bits per heavy atom. The van der Waals surface area contributed by atoms with Crippen LogP contribution in [0, 0.1) is 6.92 Å². The van der Waals surface area contributed by atoms with Crippen LogP contribution >= 0.6 is 11.6 Å². The van der Waals surface area contributed by atoms with Gasteiger partial charge in [0.05, 0.1) is 26.5 Å². The molecule has 0 spiro atoms. The molecule has 2 N–H and O–H groups in total. The molecule has 0 amide bonds. The normalized spacial score (nSPS) is 12.4. The first-order chi connectivity index (χ1) is 9.11. The van der Waals surface area contributed by atoms with Crippen LogP contribution < -0.4 is 5.73 Å². The molecule has 2 aromatic rings. The van der Waals surface area contributed by atoms with E-state index in [1.54, 1.807) is 6.07 Å². The molecule has 2 nitrogen and oxygen atoms in total. The third-order valence-corrected chi connectivity index (χ3v) is 4.87. The van der Waals surface area contributed by atoms with Crippen molar-refractivity contribution in [2.75, 3.05) is 0 Å². The van der Waals surface area contributed by atoms with E-state index in [2.05, 4.69) is 0 Å². The van der Waals surface area contributed by atoms with Gasteiger partial charge in [0.1, 0.15) is 0 Å². The summed E-state index contributed by atoms with van der Waals surface area (Å²) >= 11 is 6.06. The Kier molecular flexibility index (Phi) is 4.75. The van der Waals surface area contributed by atoms with Gasteiger partial charge < -0.3 is 5.73 Å². The number of rotatable bonds is 4. The summed E-state index contributed by atoms with van der Waals surface area (Å²) < 4.78 is 12.3. The molecule has 0 fully saturated rings. The van der Waals surface area contributed by atoms with E-state index < -0.39 is 10.8 Å². The summed E-state index contributed by atoms with van der Waals surface area (Å²) in [6, 6.07) is 13.3. The van der Waals surface area contributed by atoms with Crippen molar-refractivity contribution in [1.82, 2.24) is 0 Å². The molecule has 0 aliphatic rings. The van der Waals surface area contributed by atoms with E-state index in [1.807, 2.05) is 43.3 Å². The van der Waals surface area contributed by atoms with Crippen molar-refractivity contribution in [2.24, 2.45) is 5.73 Å². The second-order valence-corrected chi connectivity index (χ2v) is 6.21. The van der Waals surface area contributed by atoms with E-state index in [1.165, 1.54) is 0 Å². The van der Waals surface area contributed by atoms with Crippen molar-refractivity contribution in [1.29, 1.82) is 0 Å². The van der Waals surface area contributed by atoms with Crippen LogP contribution in [0.5, 0.6) is 0 Å². The Labute approximate surface area is 121 Å². The molecule has 0 heterocycles. The van der Waals surface area contributed by atoms with E-state index in [4.69, 9.17) is 17.3 Å². The number of hydrogen-bond acceptors (Lipinski definition) is 2. The highest BCUT2D eigenvalue weighted by Crippen LogP contribution is 2.22. The topological polar surface area (TPSA) is 43.1 Å². The first-order valence-electron chi connectivity index (χ1n) is 6.03. The zero-order chi connectivity index (χ0) is 13.8. The third kappa shape index (κ3) is 3.44. The SMILES string of the molecule is Cc1cc(CN)ccc1CS(=O)c1ccccc1Cl. The van der Waals surface area contributed by atoms with Crippen LogP contribution in [0.25, 0.3) is 0 Å². The molecule has 0 saturated carbocycles. The molecule has 1 unspecified atom stereocenters. The van der Waals surface area contributed by atoms with E-state index in [0.29, 0.717) is 22.2 Å². The highest BCUT2D eigenvalue weighted by molar-refractivity contribution is 7.84. The summed E-state index contributed by atoms with van der Waals surface area (Å²) in [6.45, 7) is 2.53. The molecular formula is C15H16ClNOS. The van der Waals surface area contributed by atoms with Gasteiger partial charge in [-0.1, -0.05) is 41.9 Å². The highest BCUT2D eigenvalue weighted by atomic mass is 35.5. The molecule has 0 aromatic heterocycles. The Bertz CT molecular complexity index is 613. The van der Waals surface area contributed by atoms with Crippen LogP contribution in [0.15, 0.2) is 47.4 Å². The Hall–Kier alpha value is -1.16. The van der Waals surface area contributed by atoms with E-state index >= 15 is 0 Å². The van der Waals surface area contributed by atoms with Gasteiger partial charge in [-0.05, 0) is 35.7 Å². The molecule has 4 heteroatoms. The van der Waals surface area contributed by atoms with Crippen LogP contribution in [-0.4, -0.2) is 4.21 Å². The van der Waals surface area contributed by atoms with Crippen molar-refractivity contribution in [3.8, 4) is 0 Å². The smallest absolute Gasteiger partial charge is 0.0589 e. The second-order valence-electron chi connectivity index (χ2n) is 4.39. The lowest BCUT2D eigenvalue weighted by molar-refractivity contribution is 0.682. The second kappa shape index (κ2) is 6.33. The Morgan fingerprint density at radius 2 is 1.95 bits per heavy atom. The summed E-state index contributed by atoms with van der Waals surface area (Å²) in [5, 5.41) is 0.553. The van der Waals surface area contributed by atoms with E-state index in [-0.39, 0.29) is 0 Å². The van der Waals surface area contributed by atoms with Gasteiger partial charge in [-0.2, -0.15) is 0 Å². The molecule has 100 valence electrons. The largest absolute Gasteiger partial charge is 0.326 e. The molecule has 2 rings (SSSR count). The van der Waals surface area contributed by atoms with Gasteiger partial charge in [-0.3, -0.25) is 4.21 Å². The molecular weight excluding hydrogens is 278 g/mol. The maximum atomic E-state index is 12.3. The van der Waals surface area contributed by atoms with Crippen LogP contribution in [0.2, 0.25) is 5.02 Å². The molecule has 2 aromatic carbocycles. The monoisotopic (exact) mass is 293 g/mol. The van der Waals surface area contributed by atoms with E-state index in [9.17, 15) is 4.21 Å². The van der Waals surface area contributed by atoms with Crippen molar-refractivity contribution in [3.63, 3.8) is 0 Å². The summed E-state index contributed by atoms with van der Waals surface area (Å²) in [4.78, 5) is 0.687. The molecule has 1 atom stereocenters. The molecule has 0 bridgehead atoms. The third-order valence-electron chi connectivity index (χ3n) is 3.01. The van der Waals surface area contributed by atoms with Crippen molar-refractivity contribution in [3.05, 3.63) is 64.2 Å². The first kappa shape index (κ1) is 14.3. The van der Waals surface area contributed by atoms with Crippen molar-refractivity contribution in [2.45, 2.75) is 24.1 Å². The average molecular weight is 294 g/mol. The lowest BCUT2D eigenvalue weighted by Gasteiger charge is -2.09. The lowest BCUT2D eigenvalue weighted by Crippen LogP contribution is -2.02. The van der Waals surface area contributed by atoms with Gasteiger partial charge in [0, 0.05) is 6.54 Å². The molecule has 0 saturated heterocycles. The Morgan fingerprint density at radius 1 is 1.21 bits per heavy atom. The number of halogens is 1. The van der Waals surface area contributed by atoms with Gasteiger partial charge in [0.15, 0.2) is 0 Å². The molecule has 0 aliphatic carbocycles. The molecule has 19 heavy (non-hydrogen) atoms. The van der Waals surface area contributed by atoms with Gasteiger partial charge in [0.25, 0.3) is 0 Å². The van der Waals surface area contributed by atoms with Crippen molar-refractivity contribution >= 4 is 22.4 Å². The summed E-state index contributed by atoms with van der Waals surface area (Å²) in [7, 11) is -1.13. The van der Waals surface area contributed by atoms with Crippen LogP contribution in [0.4, 0.5) is 0 Å². The Balaban J connectivity index is 2.22. The quantitative estimate of drug-likeness (QED) is 0.939. The lowest BCUT2D eigenvalue weighted by atomic mass is 10.1. The fourth-order valence-corrected chi connectivity index (χ4v) is 3.57. The van der Waals surface area contributed by atoms with E-state index in [0.717, 1.165) is 16.7 Å². The number of benzene rings is 2. The minimum atomic E-state index is -1.13. The van der Waals surface area contributed by atoms with Gasteiger partial charge in [0.2, 0.25) is 0 Å². The molecule has 0 aliphatic heterocycles. The maximum Gasteiger partial charge on any atom is 0.0589 e. The standard InChI is InChI=1S/C15H16ClNOS/c1-11-8-12(9-17)6-7-13(11)10-19(18)15-5-3-2-4-14(15)16/h2-8H,9-10,17H2,1H3. The van der Waals surface area contributed by atoms with Gasteiger partial charge in [-0.25, -0.2) is 0 Å². The summed E-state index contributed by atoms with van der Waals surface area (Å²) in [5.41, 5.74) is 8.87. The first-order valence-corrected chi connectivity index (χ1v) is 7.73. The van der Waals surface area contributed by atoms with Crippen LogP contribution in [0.3, 0.4) is 0 Å². The predicted octanol–water partition coefficient (Wildman–Crippen LogP) is 3.41. The average Bonchev–Trinajstić information content (AvgIpc) is 2.41. The number of nitrogens with two attached hydrogens (primary N) is 1. The zero-order valence-corrected chi connectivity index (χ0v) is 12.3. The summed E-state index contributed by atoms with van der Waals surface area (Å²) in [5.74, 6) is 0.473. The fourth-order valence-electron chi connectivity index (χ4n) is 1.90. The number of hydrogen-bond donors (Lipinski definition) is 1. The highest BCUT2D eigenvalue weighted by Gasteiger charge is 2.10. The number of aryl methyl sites for hydroxylation is 1.